The molecule has 0 bridgehead atoms. The lowest BCUT2D eigenvalue weighted by atomic mass is 10.0. The summed E-state index contributed by atoms with van der Waals surface area (Å²) in [7, 11) is 0. The highest BCUT2D eigenvalue weighted by molar-refractivity contribution is 5.77. The van der Waals surface area contributed by atoms with Crippen molar-refractivity contribution in [1.82, 2.24) is 9.55 Å². The molecule has 0 aliphatic heterocycles. The van der Waals surface area contributed by atoms with Gasteiger partial charge in [-0.05, 0) is 29.7 Å². The first-order valence-corrected chi connectivity index (χ1v) is 7.43. The molecule has 3 nitrogen and oxygen atoms in total. The van der Waals surface area contributed by atoms with Crippen LogP contribution in [-0.2, 0) is 13.2 Å². The van der Waals surface area contributed by atoms with Crippen LogP contribution in [0, 0.1) is 5.82 Å². The molecular weight excluding hydrogens is 279 g/mol. The quantitative estimate of drug-likeness (QED) is 0.794. The van der Waals surface area contributed by atoms with Crippen molar-refractivity contribution in [2.24, 2.45) is 0 Å². The molecule has 0 spiro atoms. The molecule has 0 radical (unpaired) electrons. The van der Waals surface area contributed by atoms with Crippen LogP contribution in [0.1, 0.15) is 36.7 Å². The number of aliphatic hydroxyl groups is 1. The lowest BCUT2D eigenvalue weighted by molar-refractivity contribution is 0.267. The number of fused-ring (bicyclic) bond motifs is 1. The Kier molecular flexibility index (Phi) is 3.94. The molecule has 22 heavy (non-hydrogen) atoms. The van der Waals surface area contributed by atoms with E-state index >= 15 is 0 Å². The molecule has 0 saturated carbocycles. The minimum Gasteiger partial charge on any atom is -0.388 e. The second kappa shape index (κ2) is 5.89. The van der Waals surface area contributed by atoms with Gasteiger partial charge in [0.2, 0.25) is 0 Å². The Morgan fingerprint density at radius 3 is 2.64 bits per heavy atom. The summed E-state index contributed by atoms with van der Waals surface area (Å²) in [6, 6.07) is 12.8. The Bertz CT molecular complexity index is 808. The maximum Gasteiger partial charge on any atom is 0.136 e. The first kappa shape index (κ1) is 14.7. The summed E-state index contributed by atoms with van der Waals surface area (Å²) in [6.07, 6.45) is 0. The second-order valence-corrected chi connectivity index (χ2v) is 5.77. The predicted molar refractivity (Wildman–Crippen MR) is 85.2 cm³/mol. The largest absolute Gasteiger partial charge is 0.388 e. The molecule has 1 N–H and O–H groups in total. The van der Waals surface area contributed by atoms with Crippen molar-refractivity contribution >= 4 is 11.0 Å². The number of hydrogen-bond acceptors (Lipinski definition) is 2. The van der Waals surface area contributed by atoms with Crippen LogP contribution in [0.3, 0.4) is 0 Å². The number of halogens is 1. The first-order valence-electron chi connectivity index (χ1n) is 7.43. The molecular formula is C18H19FN2O. The summed E-state index contributed by atoms with van der Waals surface area (Å²) >= 11 is 0. The topological polar surface area (TPSA) is 38.1 Å². The molecule has 1 aromatic heterocycles. The Morgan fingerprint density at radius 1 is 1.18 bits per heavy atom. The third kappa shape index (κ3) is 2.62. The Morgan fingerprint density at radius 2 is 1.95 bits per heavy atom. The van der Waals surface area contributed by atoms with Crippen LogP contribution in [-0.4, -0.2) is 14.7 Å². The number of benzene rings is 2. The third-order valence-corrected chi connectivity index (χ3v) is 3.95. The zero-order valence-electron chi connectivity index (χ0n) is 12.8. The van der Waals surface area contributed by atoms with Gasteiger partial charge in [-0.2, -0.15) is 0 Å². The van der Waals surface area contributed by atoms with Gasteiger partial charge in [-0.3, -0.25) is 0 Å². The second-order valence-electron chi connectivity index (χ2n) is 5.77. The van der Waals surface area contributed by atoms with Crippen LogP contribution in [0.25, 0.3) is 11.0 Å². The molecule has 1 heterocycles. The molecule has 0 fully saturated rings. The lowest BCUT2D eigenvalue weighted by Gasteiger charge is -2.09. The van der Waals surface area contributed by atoms with Crippen LogP contribution in [0.5, 0.6) is 0 Å². The Balaban J connectivity index is 2.10. The number of imidazole rings is 1. The van der Waals surface area contributed by atoms with Crippen molar-refractivity contribution in [3.05, 3.63) is 65.2 Å². The monoisotopic (exact) mass is 298 g/mol. The first-order chi connectivity index (χ1) is 10.6. The molecule has 114 valence electrons. The highest BCUT2D eigenvalue weighted by Gasteiger charge is 2.13. The van der Waals surface area contributed by atoms with Crippen molar-refractivity contribution in [2.45, 2.75) is 32.9 Å². The van der Waals surface area contributed by atoms with Crippen molar-refractivity contribution in [2.75, 3.05) is 0 Å². The Labute approximate surface area is 129 Å². The van der Waals surface area contributed by atoms with E-state index in [1.54, 1.807) is 12.1 Å². The van der Waals surface area contributed by atoms with Crippen LogP contribution < -0.4 is 0 Å². The van der Waals surface area contributed by atoms with Crippen LogP contribution >= 0.6 is 0 Å². The van der Waals surface area contributed by atoms with Crippen LogP contribution in [0.2, 0.25) is 0 Å². The third-order valence-electron chi connectivity index (χ3n) is 3.95. The lowest BCUT2D eigenvalue weighted by Crippen LogP contribution is -2.06. The van der Waals surface area contributed by atoms with E-state index in [0.29, 0.717) is 23.9 Å². The van der Waals surface area contributed by atoms with Crippen molar-refractivity contribution in [1.29, 1.82) is 0 Å². The molecule has 0 atom stereocenters. The average molecular weight is 298 g/mol. The summed E-state index contributed by atoms with van der Waals surface area (Å²) < 4.78 is 15.8. The molecule has 0 amide bonds. The smallest absolute Gasteiger partial charge is 0.136 e. The number of nitrogens with zero attached hydrogens (tertiary/aromatic N) is 2. The van der Waals surface area contributed by atoms with Crippen molar-refractivity contribution in [3.63, 3.8) is 0 Å². The van der Waals surface area contributed by atoms with Gasteiger partial charge in [0.15, 0.2) is 0 Å². The summed E-state index contributed by atoms with van der Waals surface area (Å²) in [5, 5.41) is 9.57. The van der Waals surface area contributed by atoms with E-state index in [2.05, 4.69) is 24.9 Å². The highest BCUT2D eigenvalue weighted by atomic mass is 19.1. The van der Waals surface area contributed by atoms with E-state index in [0.717, 1.165) is 11.0 Å². The minimum absolute atomic E-state index is 0.167. The van der Waals surface area contributed by atoms with E-state index < -0.39 is 0 Å². The standard InChI is InChI=1S/C18H19FN2O/c1-12(2)13-7-8-17-16(9-13)20-18(11-22)21(17)10-14-5-3-4-6-15(14)19/h3-9,12,22H,10-11H2,1-2H3. The van der Waals surface area contributed by atoms with Gasteiger partial charge in [0.25, 0.3) is 0 Å². The molecule has 0 aliphatic rings. The molecule has 0 unspecified atom stereocenters. The van der Waals surface area contributed by atoms with Gasteiger partial charge < -0.3 is 9.67 Å². The fourth-order valence-electron chi connectivity index (χ4n) is 2.65. The number of hydrogen-bond donors (Lipinski definition) is 1. The van der Waals surface area contributed by atoms with E-state index in [-0.39, 0.29) is 12.4 Å². The van der Waals surface area contributed by atoms with Crippen LogP contribution in [0.15, 0.2) is 42.5 Å². The Hall–Kier alpha value is -2.20. The fourth-order valence-corrected chi connectivity index (χ4v) is 2.65. The van der Waals surface area contributed by atoms with Crippen LogP contribution in [0.4, 0.5) is 4.39 Å². The maximum atomic E-state index is 13.9. The van der Waals surface area contributed by atoms with E-state index in [4.69, 9.17) is 0 Å². The van der Waals surface area contributed by atoms with E-state index in [1.165, 1.54) is 11.6 Å². The van der Waals surface area contributed by atoms with Gasteiger partial charge in [0, 0.05) is 5.56 Å². The fraction of sp³-hybridized carbons (Fsp3) is 0.278. The highest BCUT2D eigenvalue weighted by Crippen LogP contribution is 2.23. The SMILES string of the molecule is CC(C)c1ccc2c(c1)nc(CO)n2Cc1ccccc1F. The van der Waals surface area contributed by atoms with Gasteiger partial charge >= 0.3 is 0 Å². The summed E-state index contributed by atoms with van der Waals surface area (Å²) in [5.41, 5.74) is 3.54. The van der Waals surface area contributed by atoms with E-state index in [9.17, 15) is 9.50 Å². The van der Waals surface area contributed by atoms with Gasteiger partial charge in [0.05, 0.1) is 17.6 Å². The predicted octanol–water partition coefficient (Wildman–Crippen LogP) is 3.84. The summed E-state index contributed by atoms with van der Waals surface area (Å²) in [4.78, 5) is 4.49. The molecule has 3 rings (SSSR count). The van der Waals surface area contributed by atoms with Gasteiger partial charge in [-0.25, -0.2) is 9.37 Å². The minimum atomic E-state index is -0.243. The number of aliphatic hydroxyl groups excluding tert-OH is 1. The molecule has 0 aliphatic carbocycles. The van der Waals surface area contributed by atoms with Gasteiger partial charge in [-0.1, -0.05) is 38.1 Å². The van der Waals surface area contributed by atoms with E-state index in [1.807, 2.05) is 22.8 Å². The van der Waals surface area contributed by atoms with Gasteiger partial charge in [-0.15, -0.1) is 0 Å². The average Bonchev–Trinajstić information content (AvgIpc) is 2.86. The normalized spacial score (nSPS) is 11.5. The molecule has 3 aromatic rings. The number of aromatic nitrogens is 2. The molecule has 0 saturated heterocycles. The summed E-state index contributed by atoms with van der Waals surface area (Å²) in [6.45, 7) is 4.45. The van der Waals surface area contributed by atoms with Crippen molar-refractivity contribution in [3.8, 4) is 0 Å². The molecule has 2 aromatic carbocycles. The zero-order valence-corrected chi connectivity index (χ0v) is 12.8. The number of rotatable bonds is 4. The maximum absolute atomic E-state index is 13.9. The van der Waals surface area contributed by atoms with Gasteiger partial charge in [0.1, 0.15) is 18.2 Å². The molecule has 4 heteroatoms. The summed E-state index contributed by atoms with van der Waals surface area (Å²) in [5.74, 6) is 0.727. The zero-order chi connectivity index (χ0) is 15.7. The van der Waals surface area contributed by atoms with Crippen molar-refractivity contribution < 1.29 is 9.50 Å².